The van der Waals surface area contributed by atoms with Gasteiger partial charge in [-0.1, -0.05) is 55.3 Å². The summed E-state index contributed by atoms with van der Waals surface area (Å²) in [5.41, 5.74) is 0.650. The fraction of sp³-hybridized carbons (Fsp3) is 0.250. The number of hydrogen-bond donors (Lipinski definition) is 1. The first-order valence-electron chi connectivity index (χ1n) is 9.98. The van der Waals surface area contributed by atoms with E-state index in [1.165, 1.54) is 6.26 Å². The first-order chi connectivity index (χ1) is 14.2. The van der Waals surface area contributed by atoms with Crippen LogP contribution in [0.1, 0.15) is 43.0 Å². The van der Waals surface area contributed by atoms with Crippen molar-refractivity contribution < 1.29 is 19.1 Å². The van der Waals surface area contributed by atoms with Crippen LogP contribution in [0.4, 0.5) is 0 Å². The third-order valence-corrected chi connectivity index (χ3v) is 6.06. The monoisotopic (exact) mass is 387 g/mol. The molecule has 1 aromatic heterocycles. The molecular formula is C24H21NO4. The molecule has 0 radical (unpaired) electrons. The van der Waals surface area contributed by atoms with Crippen LogP contribution in [0.15, 0.2) is 70.9 Å². The molecule has 5 rings (SSSR count). The van der Waals surface area contributed by atoms with Gasteiger partial charge in [-0.25, -0.2) is 0 Å². The van der Waals surface area contributed by atoms with E-state index in [4.69, 9.17) is 4.42 Å². The highest BCUT2D eigenvalue weighted by molar-refractivity contribution is 6.46. The lowest BCUT2D eigenvalue weighted by Crippen LogP contribution is -2.37. The molecule has 1 aliphatic heterocycles. The van der Waals surface area contributed by atoms with Gasteiger partial charge < -0.3 is 14.4 Å². The van der Waals surface area contributed by atoms with E-state index >= 15 is 0 Å². The highest BCUT2D eigenvalue weighted by atomic mass is 16.3. The van der Waals surface area contributed by atoms with Gasteiger partial charge in [0, 0.05) is 11.6 Å². The van der Waals surface area contributed by atoms with Crippen molar-refractivity contribution in [3.63, 3.8) is 0 Å². The molecule has 2 aliphatic rings. The second-order valence-corrected chi connectivity index (χ2v) is 7.69. The van der Waals surface area contributed by atoms with Crippen LogP contribution in [0.2, 0.25) is 0 Å². The van der Waals surface area contributed by atoms with Gasteiger partial charge in [0.1, 0.15) is 17.6 Å². The lowest BCUT2D eigenvalue weighted by atomic mass is 9.95. The second kappa shape index (κ2) is 6.92. The minimum Gasteiger partial charge on any atom is -0.507 e. The van der Waals surface area contributed by atoms with Gasteiger partial charge in [0.25, 0.3) is 11.7 Å². The average molecular weight is 387 g/mol. The van der Waals surface area contributed by atoms with E-state index in [-0.39, 0.29) is 17.4 Å². The summed E-state index contributed by atoms with van der Waals surface area (Å²) in [6.45, 7) is 0. The molecule has 29 heavy (non-hydrogen) atoms. The Bertz CT molecular complexity index is 1120. The molecule has 5 nitrogen and oxygen atoms in total. The Kier molecular flexibility index (Phi) is 4.23. The van der Waals surface area contributed by atoms with Gasteiger partial charge in [-0.3, -0.25) is 9.59 Å². The minimum atomic E-state index is -0.702. The number of aliphatic hydroxyl groups is 1. The Morgan fingerprint density at radius 1 is 0.966 bits per heavy atom. The smallest absolute Gasteiger partial charge is 0.296 e. The van der Waals surface area contributed by atoms with E-state index in [1.807, 2.05) is 36.4 Å². The fourth-order valence-corrected chi connectivity index (χ4v) is 4.71. The zero-order valence-corrected chi connectivity index (χ0v) is 15.9. The van der Waals surface area contributed by atoms with Crippen molar-refractivity contribution in [2.45, 2.75) is 37.8 Å². The SMILES string of the molecule is O=C1C(=O)N(C2CCCC2)C(c2ccco2)/C1=C(/O)c1cccc2ccccc12. The summed E-state index contributed by atoms with van der Waals surface area (Å²) in [5.74, 6) is -0.858. The van der Waals surface area contributed by atoms with Gasteiger partial charge in [-0.15, -0.1) is 0 Å². The molecule has 2 aromatic carbocycles. The van der Waals surface area contributed by atoms with Gasteiger partial charge in [0.15, 0.2) is 0 Å². The average Bonchev–Trinajstić information content (AvgIpc) is 3.49. The van der Waals surface area contributed by atoms with Crippen LogP contribution in [0.3, 0.4) is 0 Å². The number of ketones is 1. The fourth-order valence-electron chi connectivity index (χ4n) is 4.71. The maximum atomic E-state index is 13.1. The van der Waals surface area contributed by atoms with Gasteiger partial charge in [-0.05, 0) is 35.7 Å². The summed E-state index contributed by atoms with van der Waals surface area (Å²) >= 11 is 0. The van der Waals surface area contributed by atoms with Crippen molar-refractivity contribution in [1.29, 1.82) is 0 Å². The summed E-state index contributed by atoms with van der Waals surface area (Å²) in [6.07, 6.45) is 5.31. The van der Waals surface area contributed by atoms with Crippen LogP contribution in [0, 0.1) is 0 Å². The first-order valence-corrected chi connectivity index (χ1v) is 9.98. The van der Waals surface area contributed by atoms with E-state index < -0.39 is 17.7 Å². The van der Waals surface area contributed by atoms with Crippen LogP contribution in [0.25, 0.3) is 16.5 Å². The van der Waals surface area contributed by atoms with E-state index in [9.17, 15) is 14.7 Å². The van der Waals surface area contributed by atoms with Gasteiger partial charge in [0.05, 0.1) is 11.8 Å². The number of fused-ring (bicyclic) bond motifs is 1. The third kappa shape index (κ3) is 2.77. The number of carbonyl (C=O) groups is 2. The standard InChI is InChI=1S/C24H21NO4/c26-22(18-12-5-8-15-7-1-4-11-17(15)18)20-21(19-13-6-14-29-19)25(24(28)23(20)27)16-9-2-3-10-16/h1,4-8,11-14,16,21,26H,2-3,9-10H2/b22-20-. The molecule has 2 heterocycles. The lowest BCUT2D eigenvalue weighted by molar-refractivity contribution is -0.141. The predicted octanol–water partition coefficient (Wildman–Crippen LogP) is 4.80. The Labute approximate surface area is 168 Å². The second-order valence-electron chi connectivity index (χ2n) is 7.69. The van der Waals surface area contributed by atoms with E-state index in [2.05, 4.69) is 0 Å². The van der Waals surface area contributed by atoms with Crippen molar-refractivity contribution in [3.05, 3.63) is 77.8 Å². The summed E-state index contributed by atoms with van der Waals surface area (Å²) in [4.78, 5) is 27.7. The number of nitrogens with zero attached hydrogens (tertiary/aromatic N) is 1. The summed E-state index contributed by atoms with van der Waals surface area (Å²) < 4.78 is 5.62. The maximum Gasteiger partial charge on any atom is 0.296 e. The first kappa shape index (κ1) is 17.7. The van der Waals surface area contributed by atoms with Gasteiger partial charge in [0.2, 0.25) is 0 Å². The Hall–Kier alpha value is -3.34. The molecule has 1 saturated heterocycles. The number of aliphatic hydroxyl groups excluding tert-OH is 1. The van der Waals surface area contributed by atoms with Crippen LogP contribution in [-0.4, -0.2) is 27.7 Å². The van der Waals surface area contributed by atoms with Crippen LogP contribution in [-0.2, 0) is 9.59 Å². The van der Waals surface area contributed by atoms with Gasteiger partial charge >= 0.3 is 0 Å². The molecule has 1 N–H and O–H groups in total. The van der Waals surface area contributed by atoms with Crippen molar-refractivity contribution in [2.75, 3.05) is 0 Å². The highest BCUT2D eigenvalue weighted by Gasteiger charge is 2.50. The van der Waals surface area contributed by atoms with Crippen molar-refractivity contribution in [2.24, 2.45) is 0 Å². The molecular weight excluding hydrogens is 366 g/mol. The molecule has 1 amide bonds. The van der Waals surface area contributed by atoms with Crippen molar-refractivity contribution in [1.82, 2.24) is 4.90 Å². The number of amides is 1. The third-order valence-electron chi connectivity index (χ3n) is 6.06. The Morgan fingerprint density at radius 3 is 2.48 bits per heavy atom. The normalized spacial score (nSPS) is 22.1. The minimum absolute atomic E-state index is 0.0145. The Morgan fingerprint density at radius 2 is 1.72 bits per heavy atom. The number of carbonyl (C=O) groups excluding carboxylic acids is 2. The zero-order valence-electron chi connectivity index (χ0n) is 15.9. The molecule has 0 bridgehead atoms. The highest BCUT2D eigenvalue weighted by Crippen LogP contribution is 2.44. The largest absolute Gasteiger partial charge is 0.507 e. The van der Waals surface area contributed by atoms with Gasteiger partial charge in [-0.2, -0.15) is 0 Å². The molecule has 2 fully saturated rings. The van der Waals surface area contributed by atoms with Crippen LogP contribution in [0.5, 0.6) is 0 Å². The van der Waals surface area contributed by atoms with Crippen molar-refractivity contribution in [3.8, 4) is 0 Å². The van der Waals surface area contributed by atoms with E-state index in [0.717, 1.165) is 36.5 Å². The number of likely N-dealkylation sites (tertiary alicyclic amines) is 1. The van der Waals surface area contributed by atoms with E-state index in [1.54, 1.807) is 23.1 Å². The molecule has 1 saturated carbocycles. The molecule has 1 aliphatic carbocycles. The maximum absolute atomic E-state index is 13.1. The molecule has 146 valence electrons. The predicted molar refractivity (Wildman–Crippen MR) is 109 cm³/mol. The summed E-state index contributed by atoms with van der Waals surface area (Å²) in [5, 5.41) is 13.1. The zero-order chi connectivity index (χ0) is 20.0. The summed E-state index contributed by atoms with van der Waals surface area (Å²) in [6, 6.07) is 16.0. The topological polar surface area (TPSA) is 70.8 Å². The lowest BCUT2D eigenvalue weighted by Gasteiger charge is -2.29. The van der Waals surface area contributed by atoms with Crippen molar-refractivity contribution >= 4 is 28.2 Å². The molecule has 5 heteroatoms. The summed E-state index contributed by atoms with van der Waals surface area (Å²) in [7, 11) is 0. The van der Waals surface area contributed by atoms with Crippen LogP contribution < -0.4 is 0 Å². The number of rotatable bonds is 3. The van der Waals surface area contributed by atoms with E-state index in [0.29, 0.717) is 11.3 Å². The quantitative estimate of drug-likeness (QED) is 0.398. The number of Topliss-reactive ketones (excluding diaryl/α,β-unsaturated/α-hetero) is 1. The number of hydrogen-bond acceptors (Lipinski definition) is 4. The number of furan rings is 1. The molecule has 1 unspecified atom stereocenters. The molecule has 3 aromatic rings. The molecule has 0 spiro atoms. The molecule has 1 atom stereocenters. The Balaban J connectivity index is 1.72. The number of benzene rings is 2. The van der Waals surface area contributed by atoms with Crippen LogP contribution >= 0.6 is 0 Å².